The maximum atomic E-state index is 12.8. The summed E-state index contributed by atoms with van der Waals surface area (Å²) in [6, 6.07) is 6.19. The Morgan fingerprint density at radius 2 is 1.56 bits per heavy atom. The molecule has 2 aromatic heterocycles. The van der Waals surface area contributed by atoms with E-state index in [2.05, 4.69) is 38.8 Å². The van der Waals surface area contributed by atoms with Crippen molar-refractivity contribution in [2.24, 2.45) is 5.92 Å². The number of benzene rings is 1. The first-order chi connectivity index (χ1) is 13.0. The van der Waals surface area contributed by atoms with Crippen molar-refractivity contribution >= 4 is 44.8 Å². The second-order valence-electron chi connectivity index (χ2n) is 6.31. The van der Waals surface area contributed by atoms with Gasteiger partial charge in [0.1, 0.15) is 0 Å². The van der Waals surface area contributed by atoms with E-state index < -0.39 is 5.92 Å². The lowest BCUT2D eigenvalue weighted by Crippen LogP contribution is -2.29. The second-order valence-corrected chi connectivity index (χ2v) is 8.10. The Bertz CT molecular complexity index is 888. The van der Waals surface area contributed by atoms with Gasteiger partial charge in [0.25, 0.3) is 0 Å². The van der Waals surface area contributed by atoms with E-state index in [9.17, 15) is 9.59 Å². The van der Waals surface area contributed by atoms with Crippen molar-refractivity contribution in [1.29, 1.82) is 0 Å². The van der Waals surface area contributed by atoms with Crippen LogP contribution < -0.4 is 10.6 Å². The molecule has 0 spiro atoms. The minimum absolute atomic E-state index is 0.0732. The van der Waals surface area contributed by atoms with E-state index in [1.165, 1.54) is 22.7 Å². The summed E-state index contributed by atoms with van der Waals surface area (Å²) in [7, 11) is 0. The van der Waals surface area contributed by atoms with E-state index in [0.717, 1.165) is 16.7 Å². The first-order valence-electron chi connectivity index (χ1n) is 8.46. The number of aryl methyl sites for hydroxylation is 2. The summed E-state index contributed by atoms with van der Waals surface area (Å²) in [5, 5.41) is 10.2. The van der Waals surface area contributed by atoms with Crippen LogP contribution in [0.25, 0.3) is 0 Å². The van der Waals surface area contributed by atoms with Gasteiger partial charge < -0.3 is 10.6 Å². The number of thiazole rings is 2. The number of nitrogens with zero attached hydrogens (tertiary/aromatic N) is 2. The third-order valence-corrected chi connectivity index (χ3v) is 5.28. The Balaban J connectivity index is 1.74. The topological polar surface area (TPSA) is 84.0 Å². The number of amides is 2. The number of nitrogens with one attached hydrogen (secondary N) is 2. The summed E-state index contributed by atoms with van der Waals surface area (Å²) in [6.45, 7) is 4.05. The molecule has 0 bridgehead atoms. The van der Waals surface area contributed by atoms with Crippen molar-refractivity contribution in [1.82, 2.24) is 9.97 Å². The van der Waals surface area contributed by atoms with Crippen molar-refractivity contribution in [2.45, 2.75) is 26.7 Å². The average Bonchev–Trinajstić information content (AvgIpc) is 3.27. The minimum Gasteiger partial charge on any atom is -0.302 e. The lowest BCUT2D eigenvalue weighted by molar-refractivity contribution is -0.124. The monoisotopic (exact) mass is 400 g/mol. The Morgan fingerprint density at radius 1 is 0.963 bits per heavy atom. The fourth-order valence-corrected chi connectivity index (χ4v) is 3.98. The van der Waals surface area contributed by atoms with Crippen LogP contribution in [-0.2, 0) is 16.0 Å². The first kappa shape index (κ1) is 19.2. The van der Waals surface area contributed by atoms with E-state index >= 15 is 0 Å². The molecule has 3 aromatic rings. The van der Waals surface area contributed by atoms with Gasteiger partial charge in [-0.25, -0.2) is 9.97 Å². The molecule has 1 unspecified atom stereocenters. The maximum Gasteiger partial charge on any atom is 0.230 e. The molecule has 0 aliphatic heterocycles. The average molecular weight is 401 g/mol. The predicted molar refractivity (Wildman–Crippen MR) is 109 cm³/mol. The molecule has 0 saturated heterocycles. The number of carbonyl (C=O) groups excluding carboxylic acids is 2. The van der Waals surface area contributed by atoms with Crippen LogP contribution >= 0.6 is 22.7 Å². The van der Waals surface area contributed by atoms with Gasteiger partial charge in [0.05, 0.1) is 5.92 Å². The number of aromatic nitrogens is 2. The molecule has 2 amide bonds. The van der Waals surface area contributed by atoms with Gasteiger partial charge in [0, 0.05) is 29.6 Å². The molecule has 0 aliphatic carbocycles. The number of hydrogen-bond donors (Lipinski definition) is 2. The molecule has 140 valence electrons. The van der Waals surface area contributed by atoms with Crippen LogP contribution in [0.15, 0.2) is 41.4 Å². The lowest BCUT2D eigenvalue weighted by Gasteiger charge is -2.16. The van der Waals surface area contributed by atoms with Crippen molar-refractivity contribution in [3.8, 4) is 0 Å². The SMILES string of the molecule is Cc1cc(C)cc(CC(CC(=O)Nc2nccs2)C(=O)Nc2nccs2)c1. The van der Waals surface area contributed by atoms with Crippen LogP contribution in [0.4, 0.5) is 10.3 Å². The molecule has 0 radical (unpaired) electrons. The van der Waals surface area contributed by atoms with Crippen LogP contribution in [0.1, 0.15) is 23.1 Å². The van der Waals surface area contributed by atoms with Crippen molar-refractivity contribution in [3.05, 3.63) is 58.0 Å². The number of anilines is 2. The molecule has 3 rings (SSSR count). The summed E-state index contributed by atoms with van der Waals surface area (Å²) in [5.74, 6) is -0.943. The zero-order valence-electron chi connectivity index (χ0n) is 15.1. The first-order valence-corrected chi connectivity index (χ1v) is 10.2. The van der Waals surface area contributed by atoms with Gasteiger partial charge in [-0.15, -0.1) is 22.7 Å². The van der Waals surface area contributed by atoms with E-state index in [4.69, 9.17) is 0 Å². The summed E-state index contributed by atoms with van der Waals surface area (Å²) >= 11 is 2.70. The minimum atomic E-state index is -0.505. The highest BCUT2D eigenvalue weighted by Gasteiger charge is 2.24. The van der Waals surface area contributed by atoms with Gasteiger partial charge in [-0.2, -0.15) is 0 Å². The molecular weight excluding hydrogens is 380 g/mol. The normalized spacial score (nSPS) is 11.8. The summed E-state index contributed by atoms with van der Waals surface area (Å²) in [6.07, 6.45) is 3.81. The molecule has 0 aliphatic rings. The van der Waals surface area contributed by atoms with Crippen molar-refractivity contribution < 1.29 is 9.59 Å². The fourth-order valence-electron chi connectivity index (χ4n) is 2.90. The zero-order valence-corrected chi connectivity index (χ0v) is 16.7. The highest BCUT2D eigenvalue weighted by Crippen LogP contribution is 2.20. The van der Waals surface area contributed by atoms with E-state index in [1.807, 2.05) is 13.8 Å². The predicted octanol–water partition coefficient (Wildman–Crippen LogP) is 4.04. The van der Waals surface area contributed by atoms with E-state index in [-0.39, 0.29) is 18.2 Å². The Hall–Kier alpha value is -2.58. The molecule has 1 atom stereocenters. The molecule has 8 heteroatoms. The van der Waals surface area contributed by atoms with E-state index in [1.54, 1.807) is 23.2 Å². The summed E-state index contributed by atoms with van der Waals surface area (Å²) < 4.78 is 0. The largest absolute Gasteiger partial charge is 0.302 e. The molecule has 6 nitrogen and oxygen atoms in total. The number of carbonyl (C=O) groups is 2. The molecular formula is C19H20N4O2S2. The quantitative estimate of drug-likeness (QED) is 0.627. The van der Waals surface area contributed by atoms with Crippen LogP contribution in [0.2, 0.25) is 0 Å². The fraction of sp³-hybridized carbons (Fsp3) is 0.263. The third-order valence-electron chi connectivity index (χ3n) is 3.91. The summed E-state index contributed by atoms with van der Waals surface area (Å²) in [4.78, 5) is 33.3. The molecule has 2 heterocycles. The summed E-state index contributed by atoms with van der Waals surface area (Å²) in [5.41, 5.74) is 3.31. The zero-order chi connectivity index (χ0) is 19.2. The Labute approximate surface area is 165 Å². The van der Waals surface area contributed by atoms with Crippen LogP contribution in [0.5, 0.6) is 0 Å². The van der Waals surface area contributed by atoms with Gasteiger partial charge in [-0.3, -0.25) is 9.59 Å². The van der Waals surface area contributed by atoms with Gasteiger partial charge in [-0.1, -0.05) is 29.3 Å². The van der Waals surface area contributed by atoms with Gasteiger partial charge in [0.2, 0.25) is 11.8 Å². The van der Waals surface area contributed by atoms with Crippen molar-refractivity contribution in [3.63, 3.8) is 0 Å². The number of hydrogen-bond acceptors (Lipinski definition) is 6. The highest BCUT2D eigenvalue weighted by molar-refractivity contribution is 7.14. The van der Waals surface area contributed by atoms with Gasteiger partial charge in [-0.05, 0) is 25.8 Å². The molecule has 2 N–H and O–H groups in total. The van der Waals surface area contributed by atoms with E-state index in [0.29, 0.717) is 16.7 Å². The lowest BCUT2D eigenvalue weighted by atomic mass is 9.93. The molecule has 27 heavy (non-hydrogen) atoms. The Kier molecular flexibility index (Phi) is 6.31. The number of rotatable bonds is 7. The second kappa shape index (κ2) is 8.88. The molecule has 1 aromatic carbocycles. The molecule has 0 saturated carbocycles. The maximum absolute atomic E-state index is 12.8. The van der Waals surface area contributed by atoms with Gasteiger partial charge >= 0.3 is 0 Å². The van der Waals surface area contributed by atoms with Crippen LogP contribution in [0.3, 0.4) is 0 Å². The van der Waals surface area contributed by atoms with Gasteiger partial charge in [0.15, 0.2) is 10.3 Å². The highest BCUT2D eigenvalue weighted by atomic mass is 32.1. The standard InChI is InChI=1S/C19H20N4O2S2/c1-12-7-13(2)9-14(8-12)10-15(17(25)23-19-21-4-6-27-19)11-16(24)22-18-20-3-5-26-18/h3-9,15H,10-11H2,1-2H3,(H,20,22,24)(H,21,23,25). The Morgan fingerprint density at radius 3 is 2.11 bits per heavy atom. The smallest absolute Gasteiger partial charge is 0.230 e. The van der Waals surface area contributed by atoms with Crippen LogP contribution in [0, 0.1) is 19.8 Å². The van der Waals surface area contributed by atoms with Crippen molar-refractivity contribution in [2.75, 3.05) is 10.6 Å². The molecule has 0 fully saturated rings. The third kappa shape index (κ3) is 5.70. The van der Waals surface area contributed by atoms with Crippen LogP contribution in [-0.4, -0.2) is 21.8 Å².